The molecule has 0 bridgehead atoms. The number of pyridine rings is 1. The van der Waals surface area contributed by atoms with Gasteiger partial charge < -0.3 is 16.0 Å². The number of halogens is 2. The van der Waals surface area contributed by atoms with Crippen molar-refractivity contribution in [1.82, 2.24) is 15.2 Å². The van der Waals surface area contributed by atoms with Crippen molar-refractivity contribution in [3.05, 3.63) is 59.9 Å². The van der Waals surface area contributed by atoms with Gasteiger partial charge in [-0.05, 0) is 49.1 Å². The quantitative estimate of drug-likeness (QED) is 0.722. The summed E-state index contributed by atoms with van der Waals surface area (Å²) in [5, 5.41) is 3.00. The number of nitrogens with two attached hydrogens (primary N) is 1. The first-order chi connectivity index (χ1) is 12.6. The molecule has 2 amide bonds. The Kier molecular flexibility index (Phi) is 9.76. The van der Waals surface area contributed by atoms with Crippen molar-refractivity contribution in [2.75, 3.05) is 25.4 Å². The van der Waals surface area contributed by atoms with E-state index in [1.165, 1.54) is 0 Å². The van der Waals surface area contributed by atoms with Crippen LogP contribution >= 0.6 is 24.8 Å². The number of nitrogen functional groups attached to an aromatic ring is 1. The summed E-state index contributed by atoms with van der Waals surface area (Å²) in [6, 6.07) is 11.1. The van der Waals surface area contributed by atoms with Crippen molar-refractivity contribution in [2.45, 2.75) is 19.3 Å². The average molecular weight is 425 g/mol. The zero-order valence-electron chi connectivity index (χ0n) is 15.5. The Labute approximate surface area is 177 Å². The van der Waals surface area contributed by atoms with Crippen LogP contribution in [-0.4, -0.2) is 41.3 Å². The number of carbonyl (C=O) groups is 2. The maximum atomic E-state index is 12.6. The van der Waals surface area contributed by atoms with Crippen LogP contribution in [0.1, 0.15) is 28.8 Å². The molecule has 2 aromatic rings. The molecule has 1 fully saturated rings. The van der Waals surface area contributed by atoms with Gasteiger partial charge in [-0.1, -0.05) is 12.1 Å². The fourth-order valence-corrected chi connectivity index (χ4v) is 3.21. The van der Waals surface area contributed by atoms with Crippen LogP contribution in [0.25, 0.3) is 0 Å². The number of anilines is 1. The first-order valence-electron chi connectivity index (χ1n) is 8.95. The fraction of sp³-hybridized carbons (Fsp3) is 0.350. The number of hydrogen-bond donors (Lipinski definition) is 2. The van der Waals surface area contributed by atoms with Crippen molar-refractivity contribution in [3.63, 3.8) is 0 Å². The molecule has 152 valence electrons. The number of nitrogens with one attached hydrogen (secondary N) is 1. The lowest BCUT2D eigenvalue weighted by molar-refractivity contribution is -0.126. The summed E-state index contributed by atoms with van der Waals surface area (Å²) in [7, 11) is 0. The molecule has 28 heavy (non-hydrogen) atoms. The maximum Gasteiger partial charge on any atom is 0.253 e. The number of amides is 2. The lowest BCUT2D eigenvalue weighted by Gasteiger charge is -2.32. The van der Waals surface area contributed by atoms with Crippen LogP contribution in [0.4, 0.5) is 5.69 Å². The van der Waals surface area contributed by atoms with Crippen molar-refractivity contribution in [1.29, 1.82) is 0 Å². The predicted molar refractivity (Wildman–Crippen MR) is 115 cm³/mol. The molecule has 0 spiro atoms. The summed E-state index contributed by atoms with van der Waals surface area (Å²) in [6.45, 7) is 1.74. The Morgan fingerprint density at radius 1 is 1.11 bits per heavy atom. The van der Waals surface area contributed by atoms with Gasteiger partial charge in [-0.15, -0.1) is 24.8 Å². The molecule has 0 aliphatic carbocycles. The first-order valence-corrected chi connectivity index (χ1v) is 8.95. The second-order valence-electron chi connectivity index (χ2n) is 6.61. The smallest absolute Gasteiger partial charge is 0.253 e. The third kappa shape index (κ3) is 6.39. The zero-order valence-corrected chi connectivity index (χ0v) is 17.2. The Bertz CT molecular complexity index is 757. The second-order valence-corrected chi connectivity index (χ2v) is 6.61. The van der Waals surface area contributed by atoms with Gasteiger partial charge in [0.05, 0.1) is 5.92 Å². The van der Waals surface area contributed by atoms with E-state index >= 15 is 0 Å². The second kappa shape index (κ2) is 11.5. The molecule has 1 atom stereocenters. The summed E-state index contributed by atoms with van der Waals surface area (Å²) in [5.41, 5.74) is 8.16. The third-order valence-corrected chi connectivity index (χ3v) is 4.70. The predicted octanol–water partition coefficient (Wildman–Crippen LogP) is 2.72. The molecule has 2 heterocycles. The maximum absolute atomic E-state index is 12.6. The summed E-state index contributed by atoms with van der Waals surface area (Å²) in [6.07, 6.45) is 5.64. The number of likely N-dealkylation sites (tertiary alicyclic amines) is 1. The van der Waals surface area contributed by atoms with E-state index in [4.69, 9.17) is 5.73 Å². The minimum Gasteiger partial charge on any atom is -0.399 e. The standard InChI is InChI=1S/C20H24N4O2.2ClH/c21-18-5-3-15(4-6-18)7-12-23-19(25)17-2-1-13-24(14-17)20(26)16-8-10-22-11-9-16;;/h3-6,8-11,17H,1-2,7,12-14,21H2,(H,23,25);2*1H. The molecular formula is C20H26Cl2N4O2. The summed E-state index contributed by atoms with van der Waals surface area (Å²) in [4.78, 5) is 30.7. The lowest BCUT2D eigenvalue weighted by Crippen LogP contribution is -2.45. The van der Waals surface area contributed by atoms with E-state index in [2.05, 4.69) is 10.3 Å². The van der Waals surface area contributed by atoms with Gasteiger partial charge in [0.15, 0.2) is 0 Å². The highest BCUT2D eigenvalue weighted by Crippen LogP contribution is 2.19. The van der Waals surface area contributed by atoms with E-state index < -0.39 is 0 Å². The Balaban J connectivity index is 0.00000196. The van der Waals surface area contributed by atoms with E-state index in [-0.39, 0.29) is 42.5 Å². The van der Waals surface area contributed by atoms with Crippen LogP contribution in [0.15, 0.2) is 48.8 Å². The Morgan fingerprint density at radius 3 is 2.46 bits per heavy atom. The van der Waals surface area contributed by atoms with Crippen LogP contribution in [0.5, 0.6) is 0 Å². The molecular weight excluding hydrogens is 399 g/mol. The van der Waals surface area contributed by atoms with Gasteiger partial charge in [0.25, 0.3) is 5.91 Å². The van der Waals surface area contributed by atoms with Crippen LogP contribution in [0, 0.1) is 5.92 Å². The molecule has 3 rings (SSSR count). The van der Waals surface area contributed by atoms with E-state index in [9.17, 15) is 9.59 Å². The highest BCUT2D eigenvalue weighted by molar-refractivity contribution is 5.94. The van der Waals surface area contributed by atoms with Crippen molar-refractivity contribution < 1.29 is 9.59 Å². The van der Waals surface area contributed by atoms with Crippen molar-refractivity contribution >= 4 is 42.3 Å². The molecule has 1 aliphatic heterocycles. The number of aromatic nitrogens is 1. The van der Waals surface area contributed by atoms with Gasteiger partial charge in [0.2, 0.25) is 5.91 Å². The van der Waals surface area contributed by atoms with E-state index in [1.54, 1.807) is 29.4 Å². The molecule has 0 saturated carbocycles. The number of nitrogens with zero attached hydrogens (tertiary/aromatic N) is 2. The molecule has 6 nitrogen and oxygen atoms in total. The van der Waals surface area contributed by atoms with Crippen LogP contribution in [0.2, 0.25) is 0 Å². The molecule has 1 saturated heterocycles. The number of benzene rings is 1. The molecule has 1 aliphatic rings. The molecule has 3 N–H and O–H groups in total. The van der Waals surface area contributed by atoms with Gasteiger partial charge in [-0.2, -0.15) is 0 Å². The average Bonchev–Trinajstić information content (AvgIpc) is 2.69. The molecule has 1 aromatic carbocycles. The number of rotatable bonds is 5. The summed E-state index contributed by atoms with van der Waals surface area (Å²) < 4.78 is 0. The Morgan fingerprint density at radius 2 is 1.79 bits per heavy atom. The fourth-order valence-electron chi connectivity index (χ4n) is 3.21. The third-order valence-electron chi connectivity index (χ3n) is 4.70. The van der Waals surface area contributed by atoms with Crippen LogP contribution in [-0.2, 0) is 11.2 Å². The monoisotopic (exact) mass is 424 g/mol. The number of carbonyl (C=O) groups excluding carboxylic acids is 2. The number of hydrogen-bond acceptors (Lipinski definition) is 4. The summed E-state index contributed by atoms with van der Waals surface area (Å²) in [5.74, 6) is -0.166. The highest BCUT2D eigenvalue weighted by Gasteiger charge is 2.28. The lowest BCUT2D eigenvalue weighted by atomic mass is 9.96. The van der Waals surface area contributed by atoms with Crippen molar-refractivity contribution in [3.8, 4) is 0 Å². The van der Waals surface area contributed by atoms with Gasteiger partial charge in [0.1, 0.15) is 0 Å². The highest BCUT2D eigenvalue weighted by atomic mass is 35.5. The van der Waals surface area contributed by atoms with Gasteiger partial charge in [-0.3, -0.25) is 14.6 Å². The SMILES string of the molecule is Cl.Cl.Nc1ccc(CCNC(=O)C2CCCN(C(=O)c3ccncc3)C2)cc1. The largest absolute Gasteiger partial charge is 0.399 e. The van der Waals surface area contributed by atoms with Gasteiger partial charge >= 0.3 is 0 Å². The first kappa shape index (κ1) is 23.7. The minimum atomic E-state index is -0.152. The molecule has 8 heteroatoms. The Hall–Kier alpha value is -2.31. The molecule has 0 radical (unpaired) electrons. The van der Waals surface area contributed by atoms with Gasteiger partial charge in [0, 0.05) is 43.3 Å². The summed E-state index contributed by atoms with van der Waals surface area (Å²) >= 11 is 0. The van der Waals surface area contributed by atoms with E-state index in [0.29, 0.717) is 25.2 Å². The van der Waals surface area contributed by atoms with Gasteiger partial charge in [-0.25, -0.2) is 0 Å². The minimum absolute atomic E-state index is 0. The van der Waals surface area contributed by atoms with Crippen LogP contribution in [0.3, 0.4) is 0 Å². The van der Waals surface area contributed by atoms with Crippen LogP contribution < -0.4 is 11.1 Å². The molecule has 1 unspecified atom stereocenters. The van der Waals surface area contributed by atoms with E-state index in [1.807, 2.05) is 24.3 Å². The molecule has 1 aromatic heterocycles. The van der Waals surface area contributed by atoms with E-state index in [0.717, 1.165) is 30.5 Å². The normalized spacial score (nSPS) is 15.7. The number of piperidine rings is 1. The topological polar surface area (TPSA) is 88.3 Å². The zero-order chi connectivity index (χ0) is 18.4. The van der Waals surface area contributed by atoms with Crippen molar-refractivity contribution in [2.24, 2.45) is 5.92 Å².